The van der Waals surface area contributed by atoms with Gasteiger partial charge in [-0.2, -0.15) is 0 Å². The normalized spacial score (nSPS) is 23.4. The molecule has 19 heavy (non-hydrogen) atoms. The highest BCUT2D eigenvalue weighted by molar-refractivity contribution is 5.50. The van der Waals surface area contributed by atoms with Crippen LogP contribution in [0.5, 0.6) is 5.75 Å². The van der Waals surface area contributed by atoms with E-state index in [1.54, 1.807) is 0 Å². The highest BCUT2D eigenvalue weighted by Crippen LogP contribution is 2.23. The molecule has 3 nitrogen and oxygen atoms in total. The van der Waals surface area contributed by atoms with Crippen LogP contribution in [0.3, 0.4) is 0 Å². The summed E-state index contributed by atoms with van der Waals surface area (Å²) in [5.41, 5.74) is 1.30. The first-order valence-electron chi connectivity index (χ1n) is 7.47. The van der Waals surface area contributed by atoms with Crippen molar-refractivity contribution in [2.24, 2.45) is 0 Å². The summed E-state index contributed by atoms with van der Waals surface area (Å²) in [6.07, 6.45) is 2.49. The lowest BCUT2D eigenvalue weighted by molar-refractivity contribution is 0.340. The number of hydrogen-bond donors (Lipinski definition) is 1. The second-order valence-corrected chi connectivity index (χ2v) is 5.32. The van der Waals surface area contributed by atoms with Gasteiger partial charge in [-0.15, -0.1) is 0 Å². The Morgan fingerprint density at radius 1 is 1.26 bits per heavy atom. The highest BCUT2D eigenvalue weighted by atomic mass is 16.5. The molecule has 0 bridgehead atoms. The lowest BCUT2D eigenvalue weighted by atomic mass is 10.1. The zero-order chi connectivity index (χ0) is 13.7. The van der Waals surface area contributed by atoms with Crippen molar-refractivity contribution in [3.8, 4) is 5.75 Å². The smallest absolute Gasteiger partial charge is 0.119 e. The molecular weight excluding hydrogens is 236 g/mol. The number of anilines is 1. The van der Waals surface area contributed by atoms with Gasteiger partial charge in [0.1, 0.15) is 5.75 Å². The Hall–Kier alpha value is -1.22. The maximum absolute atomic E-state index is 5.50. The van der Waals surface area contributed by atoms with Crippen molar-refractivity contribution in [2.75, 3.05) is 24.6 Å². The van der Waals surface area contributed by atoms with Gasteiger partial charge >= 0.3 is 0 Å². The average molecular weight is 262 g/mol. The Bertz CT molecular complexity index is 377. The van der Waals surface area contributed by atoms with Crippen molar-refractivity contribution in [1.29, 1.82) is 0 Å². The van der Waals surface area contributed by atoms with Crippen molar-refractivity contribution >= 4 is 5.69 Å². The van der Waals surface area contributed by atoms with Crippen LogP contribution in [0.15, 0.2) is 24.3 Å². The number of nitrogens with zero attached hydrogens (tertiary/aromatic N) is 1. The monoisotopic (exact) mass is 262 g/mol. The minimum Gasteiger partial charge on any atom is -0.494 e. The second kappa shape index (κ2) is 6.80. The molecule has 3 heteroatoms. The van der Waals surface area contributed by atoms with Gasteiger partial charge in [-0.3, -0.25) is 0 Å². The largest absolute Gasteiger partial charge is 0.494 e. The van der Waals surface area contributed by atoms with Gasteiger partial charge in [0.2, 0.25) is 0 Å². The van der Waals surface area contributed by atoms with Gasteiger partial charge in [0, 0.05) is 30.9 Å². The quantitative estimate of drug-likeness (QED) is 0.882. The van der Waals surface area contributed by atoms with E-state index in [9.17, 15) is 0 Å². The lowest BCUT2D eigenvalue weighted by Gasteiger charge is -2.40. The summed E-state index contributed by atoms with van der Waals surface area (Å²) in [6.45, 7) is 9.44. The molecule has 2 unspecified atom stereocenters. The van der Waals surface area contributed by atoms with E-state index in [-0.39, 0.29) is 0 Å². The molecule has 1 N–H and O–H groups in total. The molecule has 0 spiro atoms. The molecule has 1 aliphatic rings. The Balaban J connectivity index is 2.05. The zero-order valence-electron chi connectivity index (χ0n) is 12.4. The molecule has 0 saturated carbocycles. The van der Waals surface area contributed by atoms with Crippen LogP contribution in [-0.2, 0) is 0 Å². The van der Waals surface area contributed by atoms with Gasteiger partial charge in [-0.05, 0) is 44.5 Å². The third-order valence-electron chi connectivity index (χ3n) is 3.77. The SMILES string of the molecule is CCCC1CN(c2ccc(OCC)cc2)C(C)CN1. The minimum atomic E-state index is 0.547. The maximum atomic E-state index is 5.50. The predicted molar refractivity (Wildman–Crippen MR) is 81.1 cm³/mol. The Morgan fingerprint density at radius 3 is 2.63 bits per heavy atom. The van der Waals surface area contributed by atoms with E-state index in [4.69, 9.17) is 4.74 Å². The molecular formula is C16H26N2O. The fourth-order valence-electron chi connectivity index (χ4n) is 2.73. The van der Waals surface area contributed by atoms with Gasteiger partial charge in [0.05, 0.1) is 6.61 Å². The van der Waals surface area contributed by atoms with E-state index in [1.807, 2.05) is 6.92 Å². The van der Waals surface area contributed by atoms with Crippen LogP contribution in [0.4, 0.5) is 5.69 Å². The molecule has 1 aromatic rings. The summed E-state index contributed by atoms with van der Waals surface area (Å²) in [5.74, 6) is 0.958. The standard InChI is InChI=1S/C16H26N2O/c1-4-6-14-12-18(13(3)11-17-14)15-7-9-16(10-8-15)19-5-2/h7-10,13-14,17H,4-6,11-12H2,1-3H3. The van der Waals surface area contributed by atoms with Crippen molar-refractivity contribution < 1.29 is 4.74 Å². The van der Waals surface area contributed by atoms with E-state index in [1.165, 1.54) is 18.5 Å². The van der Waals surface area contributed by atoms with Gasteiger partial charge in [0.15, 0.2) is 0 Å². The maximum Gasteiger partial charge on any atom is 0.119 e. The Morgan fingerprint density at radius 2 is 2.00 bits per heavy atom. The fourth-order valence-corrected chi connectivity index (χ4v) is 2.73. The van der Waals surface area contributed by atoms with E-state index in [0.29, 0.717) is 12.1 Å². The van der Waals surface area contributed by atoms with Crippen molar-refractivity contribution in [1.82, 2.24) is 5.32 Å². The summed E-state index contributed by atoms with van der Waals surface area (Å²) in [6, 6.07) is 9.66. The molecule has 1 heterocycles. The van der Waals surface area contributed by atoms with Gasteiger partial charge < -0.3 is 15.0 Å². The van der Waals surface area contributed by atoms with Crippen LogP contribution in [0.2, 0.25) is 0 Å². The summed E-state index contributed by atoms with van der Waals surface area (Å²) in [5, 5.41) is 3.63. The third-order valence-corrected chi connectivity index (χ3v) is 3.77. The van der Waals surface area contributed by atoms with E-state index in [2.05, 4.69) is 48.3 Å². The number of benzene rings is 1. The first-order chi connectivity index (χ1) is 9.24. The van der Waals surface area contributed by atoms with Crippen LogP contribution in [0.1, 0.15) is 33.6 Å². The molecule has 0 aromatic heterocycles. The molecule has 1 saturated heterocycles. The van der Waals surface area contributed by atoms with Crippen LogP contribution < -0.4 is 15.0 Å². The van der Waals surface area contributed by atoms with Crippen molar-refractivity contribution in [2.45, 2.75) is 45.7 Å². The Labute approximate surface area is 116 Å². The number of ether oxygens (including phenoxy) is 1. The molecule has 0 radical (unpaired) electrons. The average Bonchev–Trinajstić information content (AvgIpc) is 2.43. The molecule has 1 fully saturated rings. The Kier molecular flexibility index (Phi) is 5.08. The van der Waals surface area contributed by atoms with Crippen LogP contribution >= 0.6 is 0 Å². The van der Waals surface area contributed by atoms with Gasteiger partial charge in [-0.1, -0.05) is 13.3 Å². The highest BCUT2D eigenvalue weighted by Gasteiger charge is 2.24. The number of rotatable bonds is 5. The van der Waals surface area contributed by atoms with E-state index >= 15 is 0 Å². The van der Waals surface area contributed by atoms with Crippen molar-refractivity contribution in [3.63, 3.8) is 0 Å². The van der Waals surface area contributed by atoms with Crippen LogP contribution in [0, 0.1) is 0 Å². The summed E-state index contributed by atoms with van der Waals surface area (Å²) >= 11 is 0. The number of piperazine rings is 1. The molecule has 1 aromatic carbocycles. The molecule has 0 aliphatic carbocycles. The number of nitrogens with one attached hydrogen (secondary N) is 1. The fraction of sp³-hybridized carbons (Fsp3) is 0.625. The molecule has 0 amide bonds. The van der Waals surface area contributed by atoms with Crippen LogP contribution in [-0.4, -0.2) is 31.8 Å². The third kappa shape index (κ3) is 3.63. The van der Waals surface area contributed by atoms with Crippen LogP contribution in [0.25, 0.3) is 0 Å². The first-order valence-corrected chi connectivity index (χ1v) is 7.47. The molecule has 106 valence electrons. The second-order valence-electron chi connectivity index (χ2n) is 5.32. The first kappa shape index (κ1) is 14.2. The van der Waals surface area contributed by atoms with Gasteiger partial charge in [-0.25, -0.2) is 0 Å². The lowest BCUT2D eigenvalue weighted by Crippen LogP contribution is -2.55. The molecule has 2 atom stereocenters. The minimum absolute atomic E-state index is 0.547. The van der Waals surface area contributed by atoms with Crippen molar-refractivity contribution in [3.05, 3.63) is 24.3 Å². The molecule has 1 aliphatic heterocycles. The predicted octanol–water partition coefficient (Wildman–Crippen LogP) is 3.05. The number of hydrogen-bond acceptors (Lipinski definition) is 3. The molecule has 2 rings (SSSR count). The summed E-state index contributed by atoms with van der Waals surface area (Å²) < 4.78 is 5.50. The zero-order valence-corrected chi connectivity index (χ0v) is 12.4. The van der Waals surface area contributed by atoms with E-state index < -0.39 is 0 Å². The van der Waals surface area contributed by atoms with E-state index in [0.717, 1.165) is 25.4 Å². The topological polar surface area (TPSA) is 24.5 Å². The van der Waals surface area contributed by atoms with Gasteiger partial charge in [0.25, 0.3) is 0 Å². The summed E-state index contributed by atoms with van der Waals surface area (Å²) in [4.78, 5) is 2.51. The summed E-state index contributed by atoms with van der Waals surface area (Å²) in [7, 11) is 0.